The second kappa shape index (κ2) is 8.80. The number of nitrogens with zero attached hydrogens (tertiary/aromatic N) is 1. The highest BCUT2D eigenvalue weighted by Gasteiger charge is 2.15. The molecule has 116 valence electrons. The lowest BCUT2D eigenvalue weighted by molar-refractivity contribution is -0.120. The number of benzene rings is 1. The van der Waals surface area contributed by atoms with Gasteiger partial charge >= 0.3 is 0 Å². The maximum Gasteiger partial charge on any atom is 0.234 e. The molecular formula is C17H27N3O. The van der Waals surface area contributed by atoms with Crippen molar-refractivity contribution in [1.82, 2.24) is 15.5 Å². The first-order valence-corrected chi connectivity index (χ1v) is 7.94. The van der Waals surface area contributed by atoms with Gasteiger partial charge in [-0.25, -0.2) is 0 Å². The smallest absolute Gasteiger partial charge is 0.234 e. The number of nitrogens with one attached hydrogen (secondary N) is 2. The summed E-state index contributed by atoms with van der Waals surface area (Å²) in [5.74, 6) is 0.892. The number of piperidine rings is 1. The molecule has 0 atom stereocenters. The third kappa shape index (κ3) is 6.27. The van der Waals surface area contributed by atoms with Crippen molar-refractivity contribution in [2.75, 3.05) is 33.2 Å². The number of likely N-dealkylation sites (tertiary alicyclic amines) is 1. The molecule has 1 fully saturated rings. The lowest BCUT2D eigenvalue weighted by Crippen LogP contribution is -2.35. The number of carbonyl (C=O) groups excluding carboxylic acids is 1. The van der Waals surface area contributed by atoms with Gasteiger partial charge in [0.05, 0.1) is 6.54 Å². The van der Waals surface area contributed by atoms with Crippen molar-refractivity contribution in [2.24, 2.45) is 5.92 Å². The SMILES string of the molecule is CN1CCC(CCNCC(=O)NCc2ccccc2)CC1. The van der Waals surface area contributed by atoms with Gasteiger partial charge in [-0.15, -0.1) is 0 Å². The first kappa shape index (κ1) is 16.0. The van der Waals surface area contributed by atoms with Gasteiger partial charge < -0.3 is 15.5 Å². The molecule has 1 aromatic rings. The van der Waals surface area contributed by atoms with Crippen molar-refractivity contribution in [1.29, 1.82) is 0 Å². The highest BCUT2D eigenvalue weighted by atomic mass is 16.1. The van der Waals surface area contributed by atoms with Crippen LogP contribution in [0.5, 0.6) is 0 Å². The van der Waals surface area contributed by atoms with Crippen LogP contribution in [-0.2, 0) is 11.3 Å². The van der Waals surface area contributed by atoms with E-state index in [-0.39, 0.29) is 5.91 Å². The molecule has 0 saturated carbocycles. The standard InChI is InChI=1S/C17H27N3O/c1-20-11-8-15(9-12-20)7-10-18-14-17(21)19-13-16-5-3-2-4-6-16/h2-6,15,18H,7-14H2,1H3,(H,19,21). The summed E-state index contributed by atoms with van der Waals surface area (Å²) in [6.07, 6.45) is 3.76. The summed E-state index contributed by atoms with van der Waals surface area (Å²) in [6, 6.07) is 10.0. The number of rotatable bonds is 7. The van der Waals surface area contributed by atoms with Crippen LogP contribution < -0.4 is 10.6 Å². The third-order valence-corrected chi connectivity index (χ3v) is 4.19. The highest BCUT2D eigenvalue weighted by molar-refractivity contribution is 5.77. The van der Waals surface area contributed by atoms with Gasteiger partial charge in [0.25, 0.3) is 0 Å². The Morgan fingerprint density at radius 3 is 2.67 bits per heavy atom. The number of hydrogen-bond acceptors (Lipinski definition) is 3. The monoisotopic (exact) mass is 289 g/mol. The number of amides is 1. The van der Waals surface area contributed by atoms with Gasteiger partial charge in [0.15, 0.2) is 0 Å². The zero-order valence-electron chi connectivity index (χ0n) is 13.0. The minimum atomic E-state index is 0.0715. The van der Waals surface area contributed by atoms with Crippen LogP contribution in [0.25, 0.3) is 0 Å². The Balaban J connectivity index is 1.51. The van der Waals surface area contributed by atoms with Crippen LogP contribution in [0.15, 0.2) is 30.3 Å². The molecule has 0 aliphatic carbocycles. The molecule has 0 unspecified atom stereocenters. The predicted octanol–water partition coefficient (Wildman–Crippen LogP) is 1.62. The van der Waals surface area contributed by atoms with Crippen molar-refractivity contribution < 1.29 is 4.79 Å². The van der Waals surface area contributed by atoms with Gasteiger partial charge in [-0.05, 0) is 57.4 Å². The molecule has 2 rings (SSSR count). The molecule has 0 spiro atoms. The Kier molecular flexibility index (Phi) is 6.70. The van der Waals surface area contributed by atoms with Crippen LogP contribution in [0, 0.1) is 5.92 Å². The van der Waals surface area contributed by atoms with E-state index in [1.54, 1.807) is 0 Å². The second-order valence-corrected chi connectivity index (χ2v) is 5.97. The molecule has 1 aliphatic rings. The second-order valence-electron chi connectivity index (χ2n) is 5.97. The summed E-state index contributed by atoms with van der Waals surface area (Å²) >= 11 is 0. The Morgan fingerprint density at radius 1 is 1.24 bits per heavy atom. The minimum Gasteiger partial charge on any atom is -0.351 e. The van der Waals surface area contributed by atoms with E-state index >= 15 is 0 Å². The van der Waals surface area contributed by atoms with E-state index in [1.807, 2.05) is 30.3 Å². The molecule has 21 heavy (non-hydrogen) atoms. The maximum atomic E-state index is 11.7. The Labute approximate surface area is 127 Å². The molecule has 2 N–H and O–H groups in total. The summed E-state index contributed by atoms with van der Waals surface area (Å²) in [4.78, 5) is 14.1. The summed E-state index contributed by atoms with van der Waals surface area (Å²) < 4.78 is 0. The van der Waals surface area contributed by atoms with Crippen molar-refractivity contribution in [3.05, 3.63) is 35.9 Å². The lowest BCUT2D eigenvalue weighted by Gasteiger charge is -2.28. The van der Waals surface area contributed by atoms with E-state index in [0.717, 1.165) is 18.0 Å². The van der Waals surface area contributed by atoms with E-state index in [9.17, 15) is 4.79 Å². The summed E-state index contributed by atoms with van der Waals surface area (Å²) in [5.41, 5.74) is 1.14. The quantitative estimate of drug-likeness (QED) is 0.750. The van der Waals surface area contributed by atoms with E-state index < -0.39 is 0 Å². The molecule has 4 heteroatoms. The Bertz CT molecular complexity index is 413. The molecule has 1 amide bonds. The first-order valence-electron chi connectivity index (χ1n) is 7.94. The summed E-state index contributed by atoms with van der Waals surface area (Å²) in [5, 5.41) is 6.19. The Morgan fingerprint density at radius 2 is 1.95 bits per heavy atom. The average molecular weight is 289 g/mol. The molecule has 1 saturated heterocycles. The topological polar surface area (TPSA) is 44.4 Å². The van der Waals surface area contributed by atoms with Crippen molar-refractivity contribution in [3.8, 4) is 0 Å². The zero-order valence-corrected chi connectivity index (χ0v) is 13.0. The van der Waals surface area contributed by atoms with Crippen molar-refractivity contribution in [3.63, 3.8) is 0 Å². The maximum absolute atomic E-state index is 11.7. The normalized spacial score (nSPS) is 16.8. The van der Waals surface area contributed by atoms with E-state index in [4.69, 9.17) is 0 Å². The fourth-order valence-corrected chi connectivity index (χ4v) is 2.72. The number of hydrogen-bond donors (Lipinski definition) is 2. The van der Waals surface area contributed by atoms with Gasteiger partial charge in [-0.3, -0.25) is 4.79 Å². The molecule has 1 heterocycles. The van der Waals surface area contributed by atoms with Crippen LogP contribution in [0.4, 0.5) is 0 Å². The molecule has 1 aromatic carbocycles. The minimum absolute atomic E-state index is 0.0715. The van der Waals surface area contributed by atoms with Crippen LogP contribution in [0.3, 0.4) is 0 Å². The number of carbonyl (C=O) groups is 1. The van der Waals surface area contributed by atoms with E-state index in [1.165, 1.54) is 32.4 Å². The average Bonchev–Trinajstić information content (AvgIpc) is 2.52. The van der Waals surface area contributed by atoms with Crippen molar-refractivity contribution in [2.45, 2.75) is 25.8 Å². The van der Waals surface area contributed by atoms with Gasteiger partial charge in [-0.1, -0.05) is 30.3 Å². The van der Waals surface area contributed by atoms with Gasteiger partial charge in [0.1, 0.15) is 0 Å². The van der Waals surface area contributed by atoms with Gasteiger partial charge in [0, 0.05) is 6.54 Å². The first-order chi connectivity index (χ1) is 10.2. The Hall–Kier alpha value is -1.39. The third-order valence-electron chi connectivity index (χ3n) is 4.19. The van der Waals surface area contributed by atoms with Crippen LogP contribution >= 0.6 is 0 Å². The fourth-order valence-electron chi connectivity index (χ4n) is 2.72. The highest BCUT2D eigenvalue weighted by Crippen LogP contribution is 2.18. The van der Waals surface area contributed by atoms with Crippen LogP contribution in [-0.4, -0.2) is 44.0 Å². The van der Waals surface area contributed by atoms with E-state index in [2.05, 4.69) is 22.6 Å². The van der Waals surface area contributed by atoms with Crippen LogP contribution in [0.2, 0.25) is 0 Å². The summed E-state index contributed by atoms with van der Waals surface area (Å²) in [7, 11) is 2.19. The molecule has 4 nitrogen and oxygen atoms in total. The van der Waals surface area contributed by atoms with Crippen molar-refractivity contribution >= 4 is 5.91 Å². The molecule has 0 aromatic heterocycles. The molecule has 1 aliphatic heterocycles. The van der Waals surface area contributed by atoms with E-state index in [0.29, 0.717) is 13.1 Å². The largest absolute Gasteiger partial charge is 0.351 e. The molecule has 0 radical (unpaired) electrons. The summed E-state index contributed by atoms with van der Waals surface area (Å²) in [6.45, 7) is 4.38. The fraction of sp³-hybridized carbons (Fsp3) is 0.588. The van der Waals surface area contributed by atoms with Crippen LogP contribution in [0.1, 0.15) is 24.8 Å². The molecular weight excluding hydrogens is 262 g/mol. The van der Waals surface area contributed by atoms with Gasteiger partial charge in [0.2, 0.25) is 5.91 Å². The molecule has 0 bridgehead atoms. The zero-order chi connectivity index (χ0) is 14.9. The lowest BCUT2D eigenvalue weighted by atomic mass is 9.94. The predicted molar refractivity (Wildman–Crippen MR) is 86.0 cm³/mol. The van der Waals surface area contributed by atoms with Gasteiger partial charge in [-0.2, -0.15) is 0 Å².